The van der Waals surface area contributed by atoms with Gasteiger partial charge in [-0.2, -0.15) is 0 Å². The van der Waals surface area contributed by atoms with Gasteiger partial charge in [0.05, 0.1) is 10.7 Å². The molecule has 4 heteroatoms. The number of hydrogen-bond donors (Lipinski definition) is 1. The van der Waals surface area contributed by atoms with Gasteiger partial charge in [-0.25, -0.2) is 4.98 Å². The summed E-state index contributed by atoms with van der Waals surface area (Å²) in [4.78, 5) is 4.46. The Morgan fingerprint density at radius 1 is 1.20 bits per heavy atom. The molecular formula is C16H19ClN2O. The molecular weight excluding hydrogens is 272 g/mol. The van der Waals surface area contributed by atoms with E-state index < -0.39 is 0 Å². The first-order valence-electron chi connectivity index (χ1n) is 6.69. The topological polar surface area (TPSA) is 34.1 Å². The van der Waals surface area contributed by atoms with Crippen LogP contribution in [0.25, 0.3) is 0 Å². The monoisotopic (exact) mass is 290 g/mol. The second kappa shape index (κ2) is 6.62. The van der Waals surface area contributed by atoms with Crippen LogP contribution in [0.3, 0.4) is 0 Å². The molecule has 106 valence electrons. The molecule has 2 rings (SSSR count). The Morgan fingerprint density at radius 3 is 2.70 bits per heavy atom. The maximum atomic E-state index is 6.16. The van der Waals surface area contributed by atoms with Crippen molar-refractivity contribution in [2.75, 3.05) is 11.9 Å². The van der Waals surface area contributed by atoms with Crippen LogP contribution in [0.15, 0.2) is 30.3 Å². The summed E-state index contributed by atoms with van der Waals surface area (Å²) < 4.78 is 5.82. The lowest BCUT2D eigenvalue weighted by atomic mass is 10.1. The number of nitrogens with one attached hydrogen (secondary N) is 1. The number of hydrogen-bond acceptors (Lipinski definition) is 3. The zero-order valence-corrected chi connectivity index (χ0v) is 12.8. The van der Waals surface area contributed by atoms with Gasteiger partial charge in [0.25, 0.3) is 0 Å². The lowest BCUT2D eigenvalue weighted by molar-refractivity contribution is 0.299. The Kier molecular flexibility index (Phi) is 4.85. The summed E-state index contributed by atoms with van der Waals surface area (Å²) in [7, 11) is 0. The summed E-state index contributed by atoms with van der Waals surface area (Å²) in [5.41, 5.74) is 3.08. The minimum absolute atomic E-state index is 0.363. The second-order valence-corrected chi connectivity index (χ2v) is 5.12. The van der Waals surface area contributed by atoms with Crippen molar-refractivity contribution in [2.24, 2.45) is 0 Å². The summed E-state index contributed by atoms with van der Waals surface area (Å²) in [6.07, 6.45) is 0. The zero-order chi connectivity index (χ0) is 14.5. The van der Waals surface area contributed by atoms with Crippen LogP contribution in [-0.4, -0.2) is 11.5 Å². The highest BCUT2D eigenvalue weighted by atomic mass is 35.5. The SMILES string of the molecule is CCNc1ccc(Cl)c(COc2ccc(C)cc2C)n1. The summed E-state index contributed by atoms with van der Waals surface area (Å²) in [6, 6.07) is 9.82. The number of anilines is 1. The molecule has 0 spiro atoms. The number of halogens is 1. The lowest BCUT2D eigenvalue weighted by Gasteiger charge is -2.11. The van der Waals surface area contributed by atoms with Gasteiger partial charge in [-0.05, 0) is 44.5 Å². The van der Waals surface area contributed by atoms with Crippen molar-refractivity contribution in [3.8, 4) is 5.75 Å². The van der Waals surface area contributed by atoms with Crippen molar-refractivity contribution in [3.05, 3.63) is 52.2 Å². The van der Waals surface area contributed by atoms with E-state index in [1.54, 1.807) is 0 Å². The molecule has 0 fully saturated rings. The molecule has 3 nitrogen and oxygen atoms in total. The van der Waals surface area contributed by atoms with Gasteiger partial charge in [-0.1, -0.05) is 29.3 Å². The van der Waals surface area contributed by atoms with Crippen LogP contribution in [0.5, 0.6) is 5.75 Å². The van der Waals surface area contributed by atoms with Gasteiger partial charge < -0.3 is 10.1 Å². The van der Waals surface area contributed by atoms with Crippen LogP contribution in [0.4, 0.5) is 5.82 Å². The number of aryl methyl sites for hydroxylation is 2. The molecule has 1 N–H and O–H groups in total. The van der Waals surface area contributed by atoms with Crippen molar-refractivity contribution >= 4 is 17.4 Å². The maximum Gasteiger partial charge on any atom is 0.132 e. The maximum absolute atomic E-state index is 6.16. The average molecular weight is 291 g/mol. The highest BCUT2D eigenvalue weighted by molar-refractivity contribution is 6.31. The number of nitrogens with zero attached hydrogens (tertiary/aromatic N) is 1. The Bertz CT molecular complexity index is 599. The smallest absolute Gasteiger partial charge is 0.132 e. The van der Waals surface area contributed by atoms with Crippen molar-refractivity contribution in [2.45, 2.75) is 27.4 Å². The zero-order valence-electron chi connectivity index (χ0n) is 12.0. The summed E-state index contributed by atoms with van der Waals surface area (Å²) in [6.45, 7) is 7.32. The molecule has 0 unspecified atom stereocenters. The normalized spacial score (nSPS) is 10.4. The summed E-state index contributed by atoms with van der Waals surface area (Å²) in [5, 5.41) is 3.79. The third-order valence-corrected chi connectivity index (χ3v) is 3.32. The van der Waals surface area contributed by atoms with E-state index >= 15 is 0 Å². The standard InChI is InChI=1S/C16H19ClN2O/c1-4-18-16-8-6-13(17)14(19-16)10-20-15-7-5-11(2)9-12(15)3/h5-9H,4,10H2,1-3H3,(H,18,19). The Hall–Kier alpha value is -1.74. The quantitative estimate of drug-likeness (QED) is 0.888. The predicted octanol–water partition coefficient (Wildman–Crippen LogP) is 4.36. The lowest BCUT2D eigenvalue weighted by Crippen LogP contribution is -2.05. The van der Waals surface area contributed by atoms with E-state index in [0.29, 0.717) is 11.6 Å². The Labute approximate surface area is 124 Å². The summed E-state index contributed by atoms with van der Waals surface area (Å²) >= 11 is 6.16. The van der Waals surface area contributed by atoms with Crippen LogP contribution >= 0.6 is 11.6 Å². The Morgan fingerprint density at radius 2 is 2.00 bits per heavy atom. The minimum Gasteiger partial charge on any atom is -0.487 e. The second-order valence-electron chi connectivity index (χ2n) is 4.71. The molecule has 0 amide bonds. The van der Waals surface area contributed by atoms with Gasteiger partial charge in [-0.3, -0.25) is 0 Å². The number of pyridine rings is 1. The first-order valence-corrected chi connectivity index (χ1v) is 7.07. The van der Waals surface area contributed by atoms with E-state index in [1.165, 1.54) is 5.56 Å². The van der Waals surface area contributed by atoms with Gasteiger partial charge in [-0.15, -0.1) is 0 Å². The van der Waals surface area contributed by atoms with E-state index in [9.17, 15) is 0 Å². The highest BCUT2D eigenvalue weighted by Gasteiger charge is 2.06. The molecule has 1 aromatic heterocycles. The fourth-order valence-corrected chi connectivity index (χ4v) is 2.13. The first-order chi connectivity index (χ1) is 9.60. The fourth-order valence-electron chi connectivity index (χ4n) is 1.97. The van der Waals surface area contributed by atoms with Gasteiger partial charge in [0, 0.05) is 6.54 Å². The number of ether oxygens (including phenoxy) is 1. The van der Waals surface area contributed by atoms with Gasteiger partial charge in [0.15, 0.2) is 0 Å². The number of aromatic nitrogens is 1. The third-order valence-electron chi connectivity index (χ3n) is 2.97. The molecule has 20 heavy (non-hydrogen) atoms. The molecule has 0 bridgehead atoms. The molecule has 2 aromatic rings. The number of benzene rings is 1. The molecule has 0 saturated carbocycles. The van der Waals surface area contributed by atoms with Gasteiger partial charge >= 0.3 is 0 Å². The molecule has 0 aliphatic heterocycles. The van der Waals surface area contributed by atoms with E-state index in [1.807, 2.05) is 38.1 Å². The van der Waals surface area contributed by atoms with Crippen LogP contribution < -0.4 is 10.1 Å². The molecule has 0 radical (unpaired) electrons. The van der Waals surface area contributed by atoms with Crippen molar-refractivity contribution in [3.63, 3.8) is 0 Å². The average Bonchev–Trinajstić information content (AvgIpc) is 2.41. The molecule has 1 aromatic carbocycles. The molecule has 1 heterocycles. The molecule has 0 aliphatic rings. The number of rotatable bonds is 5. The van der Waals surface area contributed by atoms with Crippen molar-refractivity contribution < 1.29 is 4.74 Å². The van der Waals surface area contributed by atoms with E-state index in [0.717, 1.165) is 29.4 Å². The van der Waals surface area contributed by atoms with E-state index in [4.69, 9.17) is 16.3 Å². The Balaban J connectivity index is 2.11. The van der Waals surface area contributed by atoms with Crippen molar-refractivity contribution in [1.29, 1.82) is 0 Å². The van der Waals surface area contributed by atoms with Gasteiger partial charge in [0.1, 0.15) is 18.2 Å². The van der Waals surface area contributed by atoms with Crippen LogP contribution in [0, 0.1) is 13.8 Å². The third kappa shape index (κ3) is 3.64. The van der Waals surface area contributed by atoms with E-state index in [2.05, 4.69) is 23.3 Å². The highest BCUT2D eigenvalue weighted by Crippen LogP contribution is 2.22. The first kappa shape index (κ1) is 14.7. The minimum atomic E-state index is 0.363. The molecule has 0 aliphatic carbocycles. The van der Waals surface area contributed by atoms with Crippen LogP contribution in [-0.2, 0) is 6.61 Å². The summed E-state index contributed by atoms with van der Waals surface area (Å²) in [5.74, 6) is 1.68. The molecule has 0 atom stereocenters. The predicted molar refractivity (Wildman–Crippen MR) is 83.7 cm³/mol. The van der Waals surface area contributed by atoms with E-state index in [-0.39, 0.29) is 0 Å². The molecule has 0 saturated heterocycles. The van der Waals surface area contributed by atoms with Crippen molar-refractivity contribution in [1.82, 2.24) is 4.98 Å². The van der Waals surface area contributed by atoms with Crippen LogP contribution in [0.1, 0.15) is 23.7 Å². The van der Waals surface area contributed by atoms with Gasteiger partial charge in [0.2, 0.25) is 0 Å². The fraction of sp³-hybridized carbons (Fsp3) is 0.312. The largest absolute Gasteiger partial charge is 0.487 e. The van der Waals surface area contributed by atoms with Crippen LogP contribution in [0.2, 0.25) is 5.02 Å².